The Labute approximate surface area is 118 Å². The molecule has 0 radical (unpaired) electrons. The summed E-state index contributed by atoms with van der Waals surface area (Å²) in [5, 5.41) is 0.567. The van der Waals surface area contributed by atoms with E-state index in [0.29, 0.717) is 27.6 Å². The van der Waals surface area contributed by atoms with Crippen molar-refractivity contribution in [1.29, 1.82) is 0 Å². The van der Waals surface area contributed by atoms with Crippen LogP contribution in [0, 0.1) is 0 Å². The summed E-state index contributed by atoms with van der Waals surface area (Å²) in [7, 11) is 0. The molecule has 0 saturated heterocycles. The third-order valence-corrected chi connectivity index (χ3v) is 2.88. The number of carbonyl (C=O) groups excluding carboxylic acids is 1. The third kappa shape index (κ3) is 2.60. The molecule has 2 heterocycles. The van der Waals surface area contributed by atoms with E-state index < -0.39 is 5.97 Å². The van der Waals surface area contributed by atoms with Crippen LogP contribution in [0.2, 0.25) is 5.02 Å². The number of esters is 1. The zero-order valence-electron chi connectivity index (χ0n) is 10.2. The van der Waals surface area contributed by atoms with Gasteiger partial charge in [-0.2, -0.15) is 0 Å². The Morgan fingerprint density at radius 2 is 2.10 bits per heavy atom. The van der Waals surface area contributed by atoms with E-state index in [1.165, 1.54) is 6.33 Å². The third-order valence-electron chi connectivity index (χ3n) is 2.63. The number of hydrogen-bond acceptors (Lipinski definition) is 5. The first kappa shape index (κ1) is 12.6. The standard InChI is InChI=1S/C13H9ClN4O2/c14-9-3-1-8(2-4-9)13(19)20-6-11-17-10-5-15-7-16-12(10)18-11/h1-5,7H,6H2,(H,15,16,17,18). The second-order valence-corrected chi connectivity index (χ2v) is 4.46. The molecule has 0 aliphatic heterocycles. The van der Waals surface area contributed by atoms with Crippen LogP contribution in [-0.2, 0) is 11.3 Å². The van der Waals surface area contributed by atoms with Crippen molar-refractivity contribution in [1.82, 2.24) is 19.9 Å². The van der Waals surface area contributed by atoms with Gasteiger partial charge in [0.2, 0.25) is 0 Å². The minimum absolute atomic E-state index is 0.0395. The minimum Gasteiger partial charge on any atom is -0.454 e. The summed E-state index contributed by atoms with van der Waals surface area (Å²) in [5.74, 6) is 0.0796. The molecule has 0 unspecified atom stereocenters. The summed E-state index contributed by atoms with van der Waals surface area (Å²) in [6.07, 6.45) is 3.02. The molecule has 0 aliphatic rings. The maximum atomic E-state index is 11.8. The Hall–Kier alpha value is -2.47. The Kier molecular flexibility index (Phi) is 3.30. The number of carbonyl (C=O) groups is 1. The highest BCUT2D eigenvalue weighted by molar-refractivity contribution is 6.30. The first-order chi connectivity index (χ1) is 9.72. The van der Waals surface area contributed by atoms with E-state index in [1.54, 1.807) is 30.5 Å². The predicted octanol–water partition coefficient (Wildman–Crippen LogP) is 2.36. The van der Waals surface area contributed by atoms with E-state index in [2.05, 4.69) is 19.9 Å². The van der Waals surface area contributed by atoms with Crippen LogP contribution >= 0.6 is 11.6 Å². The van der Waals surface area contributed by atoms with E-state index >= 15 is 0 Å². The van der Waals surface area contributed by atoms with Crippen LogP contribution in [0.15, 0.2) is 36.8 Å². The van der Waals surface area contributed by atoms with Gasteiger partial charge in [-0.3, -0.25) is 0 Å². The molecule has 100 valence electrons. The summed E-state index contributed by atoms with van der Waals surface area (Å²) in [6, 6.07) is 6.48. The molecule has 1 aromatic carbocycles. The number of ether oxygens (including phenoxy) is 1. The molecule has 0 fully saturated rings. The molecule has 1 N–H and O–H groups in total. The van der Waals surface area contributed by atoms with Gasteiger partial charge in [0.1, 0.15) is 24.3 Å². The van der Waals surface area contributed by atoms with Crippen LogP contribution < -0.4 is 0 Å². The fourth-order valence-electron chi connectivity index (χ4n) is 1.68. The predicted molar refractivity (Wildman–Crippen MR) is 72.3 cm³/mol. The first-order valence-corrected chi connectivity index (χ1v) is 6.17. The molecule has 0 bridgehead atoms. The van der Waals surface area contributed by atoms with E-state index in [-0.39, 0.29) is 6.61 Å². The van der Waals surface area contributed by atoms with Gasteiger partial charge < -0.3 is 9.72 Å². The fraction of sp³-hybridized carbons (Fsp3) is 0.0769. The normalized spacial score (nSPS) is 10.7. The van der Waals surface area contributed by atoms with Crippen LogP contribution in [-0.4, -0.2) is 25.9 Å². The molecule has 3 aromatic rings. The van der Waals surface area contributed by atoms with Gasteiger partial charge in [0.25, 0.3) is 0 Å². The molecular formula is C13H9ClN4O2. The van der Waals surface area contributed by atoms with E-state index in [4.69, 9.17) is 16.3 Å². The molecule has 6 nitrogen and oxygen atoms in total. The largest absolute Gasteiger partial charge is 0.454 e. The molecule has 0 aliphatic carbocycles. The molecule has 0 saturated carbocycles. The van der Waals surface area contributed by atoms with Gasteiger partial charge in [0, 0.05) is 5.02 Å². The lowest BCUT2D eigenvalue weighted by atomic mass is 10.2. The monoisotopic (exact) mass is 288 g/mol. The van der Waals surface area contributed by atoms with Crippen LogP contribution in [0.3, 0.4) is 0 Å². The SMILES string of the molecule is O=C(OCc1nc2ncncc2[nH]1)c1ccc(Cl)cc1. The number of aromatic amines is 1. The maximum absolute atomic E-state index is 11.8. The lowest BCUT2D eigenvalue weighted by Gasteiger charge is -2.02. The van der Waals surface area contributed by atoms with Crippen LogP contribution in [0.1, 0.15) is 16.2 Å². The van der Waals surface area contributed by atoms with Crippen molar-refractivity contribution in [2.24, 2.45) is 0 Å². The zero-order valence-corrected chi connectivity index (χ0v) is 11.0. The summed E-state index contributed by atoms with van der Waals surface area (Å²) >= 11 is 5.75. The number of hydrogen-bond donors (Lipinski definition) is 1. The quantitative estimate of drug-likeness (QED) is 0.748. The molecular weight excluding hydrogens is 280 g/mol. The van der Waals surface area contributed by atoms with E-state index in [1.807, 2.05) is 0 Å². The highest BCUT2D eigenvalue weighted by atomic mass is 35.5. The van der Waals surface area contributed by atoms with Crippen molar-refractivity contribution in [3.05, 3.63) is 53.2 Å². The van der Waals surface area contributed by atoms with Gasteiger partial charge in [-0.1, -0.05) is 11.6 Å². The second-order valence-electron chi connectivity index (χ2n) is 4.03. The van der Waals surface area contributed by atoms with Gasteiger partial charge >= 0.3 is 5.97 Å². The summed E-state index contributed by atoms with van der Waals surface area (Å²) in [5.41, 5.74) is 1.67. The van der Waals surface area contributed by atoms with Gasteiger partial charge in [-0.05, 0) is 24.3 Å². The molecule has 2 aromatic heterocycles. The molecule has 0 amide bonds. The van der Waals surface area contributed by atoms with Crippen molar-refractivity contribution >= 4 is 28.7 Å². The number of aromatic nitrogens is 4. The number of nitrogens with zero attached hydrogens (tertiary/aromatic N) is 3. The van der Waals surface area contributed by atoms with Crippen LogP contribution in [0.4, 0.5) is 0 Å². The van der Waals surface area contributed by atoms with Crippen molar-refractivity contribution < 1.29 is 9.53 Å². The lowest BCUT2D eigenvalue weighted by molar-refractivity contribution is 0.0463. The highest BCUT2D eigenvalue weighted by Crippen LogP contribution is 2.12. The second kappa shape index (κ2) is 5.26. The molecule has 20 heavy (non-hydrogen) atoms. The summed E-state index contributed by atoms with van der Waals surface area (Å²) in [4.78, 5) is 26.8. The number of H-pyrrole nitrogens is 1. The van der Waals surface area contributed by atoms with Crippen LogP contribution in [0.5, 0.6) is 0 Å². The summed E-state index contributed by atoms with van der Waals surface area (Å²) in [6.45, 7) is 0.0395. The van der Waals surface area contributed by atoms with Crippen molar-refractivity contribution in [3.63, 3.8) is 0 Å². The molecule has 7 heteroatoms. The number of nitrogens with one attached hydrogen (secondary N) is 1. The zero-order chi connectivity index (χ0) is 13.9. The number of halogens is 1. The summed E-state index contributed by atoms with van der Waals surface area (Å²) < 4.78 is 5.16. The Morgan fingerprint density at radius 1 is 1.30 bits per heavy atom. The lowest BCUT2D eigenvalue weighted by Crippen LogP contribution is -2.05. The Morgan fingerprint density at radius 3 is 2.85 bits per heavy atom. The smallest absolute Gasteiger partial charge is 0.338 e. The van der Waals surface area contributed by atoms with E-state index in [0.717, 1.165) is 0 Å². The Bertz CT molecular complexity index is 721. The average molecular weight is 289 g/mol. The molecule has 0 atom stereocenters. The van der Waals surface area contributed by atoms with Crippen molar-refractivity contribution in [3.8, 4) is 0 Å². The maximum Gasteiger partial charge on any atom is 0.338 e. The van der Waals surface area contributed by atoms with Gasteiger partial charge in [0.05, 0.1) is 11.8 Å². The van der Waals surface area contributed by atoms with Gasteiger partial charge in [-0.25, -0.2) is 19.7 Å². The number of fused-ring (bicyclic) bond motifs is 1. The van der Waals surface area contributed by atoms with Gasteiger partial charge in [-0.15, -0.1) is 0 Å². The topological polar surface area (TPSA) is 80.8 Å². The first-order valence-electron chi connectivity index (χ1n) is 5.79. The number of benzene rings is 1. The minimum atomic E-state index is -0.437. The Balaban J connectivity index is 1.69. The van der Waals surface area contributed by atoms with Crippen molar-refractivity contribution in [2.45, 2.75) is 6.61 Å². The van der Waals surface area contributed by atoms with Crippen molar-refractivity contribution in [2.75, 3.05) is 0 Å². The number of rotatable bonds is 3. The fourth-order valence-corrected chi connectivity index (χ4v) is 1.81. The number of imidazole rings is 1. The highest BCUT2D eigenvalue weighted by Gasteiger charge is 2.09. The molecule has 3 rings (SSSR count). The average Bonchev–Trinajstić information content (AvgIpc) is 2.88. The van der Waals surface area contributed by atoms with Gasteiger partial charge in [0.15, 0.2) is 5.65 Å². The molecule has 0 spiro atoms. The van der Waals surface area contributed by atoms with Crippen LogP contribution in [0.25, 0.3) is 11.2 Å². The van der Waals surface area contributed by atoms with E-state index in [9.17, 15) is 4.79 Å².